The number of carbonyl (C=O) groups is 2. The zero-order valence-electron chi connectivity index (χ0n) is 18.9. The quantitative estimate of drug-likeness (QED) is 0.233. The normalized spacial score (nSPS) is 17.6. The fourth-order valence-electron chi connectivity index (χ4n) is 4.37. The second-order valence-electron chi connectivity index (χ2n) is 8.56. The van der Waals surface area contributed by atoms with Gasteiger partial charge in [-0.15, -0.1) is 0 Å². The van der Waals surface area contributed by atoms with Gasteiger partial charge in [-0.1, -0.05) is 59.4 Å². The summed E-state index contributed by atoms with van der Waals surface area (Å²) in [5.41, 5.74) is 4.72. The van der Waals surface area contributed by atoms with Gasteiger partial charge in [-0.05, 0) is 55.7 Å². The Morgan fingerprint density at radius 3 is 2.41 bits per heavy atom. The first-order valence-corrected chi connectivity index (χ1v) is 11.6. The van der Waals surface area contributed by atoms with Gasteiger partial charge in [0.2, 0.25) is 0 Å². The Morgan fingerprint density at radius 2 is 1.71 bits per heavy atom. The third kappa shape index (κ3) is 3.54. The number of Topliss-reactive ketones (excluding diaryl/α,β-unsaturated/α-hetero) is 1. The number of benzene rings is 3. The van der Waals surface area contributed by atoms with Gasteiger partial charge >= 0.3 is 5.91 Å². The van der Waals surface area contributed by atoms with E-state index in [-0.39, 0.29) is 17.1 Å². The summed E-state index contributed by atoms with van der Waals surface area (Å²) in [4.78, 5) is 32.7. The second kappa shape index (κ2) is 8.11. The van der Waals surface area contributed by atoms with E-state index in [1.165, 1.54) is 28.4 Å². The minimum atomic E-state index is -0.935. The van der Waals surface area contributed by atoms with Crippen LogP contribution in [-0.4, -0.2) is 26.9 Å². The van der Waals surface area contributed by atoms with Crippen LogP contribution in [0.5, 0.6) is 5.75 Å². The number of amides is 1. The van der Waals surface area contributed by atoms with Crippen molar-refractivity contribution in [3.63, 3.8) is 0 Å². The molecule has 0 bridgehead atoms. The first kappa shape index (κ1) is 21.9. The van der Waals surface area contributed by atoms with Crippen LogP contribution in [0.15, 0.2) is 66.2 Å². The van der Waals surface area contributed by atoms with Crippen LogP contribution >= 0.6 is 11.3 Å². The molecule has 0 radical (unpaired) electrons. The number of nitrogens with zero attached hydrogens (tertiary/aromatic N) is 2. The number of phenolic OH excluding ortho intramolecular Hbond substituents is 1. The highest BCUT2D eigenvalue weighted by Crippen LogP contribution is 2.45. The monoisotopic (exact) mass is 470 g/mol. The van der Waals surface area contributed by atoms with E-state index < -0.39 is 17.7 Å². The first-order chi connectivity index (χ1) is 16.2. The highest BCUT2D eigenvalue weighted by Gasteiger charge is 2.48. The Morgan fingerprint density at radius 1 is 0.971 bits per heavy atom. The summed E-state index contributed by atoms with van der Waals surface area (Å²) in [6.07, 6.45) is 0. The van der Waals surface area contributed by atoms with Crippen molar-refractivity contribution < 1.29 is 19.8 Å². The van der Waals surface area contributed by atoms with Crippen LogP contribution < -0.4 is 4.90 Å². The molecule has 7 heteroatoms. The number of hydrogen-bond acceptors (Lipinski definition) is 6. The zero-order valence-corrected chi connectivity index (χ0v) is 19.7. The van der Waals surface area contributed by atoms with Gasteiger partial charge in [0, 0.05) is 5.56 Å². The fraction of sp³-hybridized carbons (Fsp3) is 0.148. The molecule has 1 unspecified atom stereocenters. The minimum Gasteiger partial charge on any atom is -0.508 e. The number of phenols is 1. The number of aromatic hydroxyl groups is 1. The Bertz CT molecular complexity index is 1500. The number of thiazole rings is 1. The number of ketones is 1. The molecule has 1 fully saturated rings. The minimum absolute atomic E-state index is 0.00538. The molecule has 170 valence electrons. The van der Waals surface area contributed by atoms with E-state index in [4.69, 9.17) is 4.98 Å². The van der Waals surface area contributed by atoms with Gasteiger partial charge in [-0.3, -0.25) is 14.5 Å². The summed E-state index contributed by atoms with van der Waals surface area (Å²) in [6, 6.07) is 16.5. The Balaban J connectivity index is 1.75. The van der Waals surface area contributed by atoms with E-state index in [1.807, 2.05) is 45.0 Å². The van der Waals surface area contributed by atoms with Crippen LogP contribution in [0.2, 0.25) is 0 Å². The number of fused-ring (bicyclic) bond motifs is 1. The number of hydrogen-bond donors (Lipinski definition) is 2. The molecule has 1 aliphatic heterocycles. The van der Waals surface area contributed by atoms with Crippen LogP contribution in [0.1, 0.15) is 33.9 Å². The maximum atomic E-state index is 13.3. The van der Waals surface area contributed by atoms with E-state index in [2.05, 4.69) is 0 Å². The molecule has 4 aromatic rings. The maximum Gasteiger partial charge on any atom is 0.301 e. The lowest BCUT2D eigenvalue weighted by atomic mass is 9.95. The SMILES string of the molecule is Cc1ccc(/C(O)=C2\C(=O)C(=O)N(c3nc4c(C)cc(C)cc4s3)C2c2cccc(O)c2)cc1. The third-order valence-corrected chi connectivity index (χ3v) is 6.98. The smallest absolute Gasteiger partial charge is 0.301 e. The van der Waals surface area contributed by atoms with Gasteiger partial charge in [0.25, 0.3) is 5.78 Å². The van der Waals surface area contributed by atoms with Crippen molar-refractivity contribution >= 4 is 44.1 Å². The van der Waals surface area contributed by atoms with E-state index in [9.17, 15) is 19.8 Å². The molecule has 0 aliphatic carbocycles. The molecule has 5 rings (SSSR count). The molecule has 1 aliphatic rings. The molecule has 0 spiro atoms. The highest BCUT2D eigenvalue weighted by atomic mass is 32.1. The van der Waals surface area contributed by atoms with Crippen molar-refractivity contribution in [1.82, 2.24) is 4.98 Å². The number of aliphatic hydroxyl groups excluding tert-OH is 1. The van der Waals surface area contributed by atoms with E-state index in [1.54, 1.807) is 24.3 Å². The lowest BCUT2D eigenvalue weighted by Crippen LogP contribution is -2.29. The Labute approximate surface area is 200 Å². The molecule has 1 aromatic heterocycles. The number of rotatable bonds is 3. The highest BCUT2D eigenvalue weighted by molar-refractivity contribution is 7.22. The van der Waals surface area contributed by atoms with Gasteiger partial charge in [-0.25, -0.2) is 4.98 Å². The lowest BCUT2D eigenvalue weighted by Gasteiger charge is -2.23. The van der Waals surface area contributed by atoms with Crippen molar-refractivity contribution in [1.29, 1.82) is 0 Å². The molecular formula is C27H22N2O4S. The predicted octanol–water partition coefficient (Wildman–Crippen LogP) is 5.55. The summed E-state index contributed by atoms with van der Waals surface area (Å²) >= 11 is 1.32. The molecule has 3 aromatic carbocycles. The van der Waals surface area contributed by atoms with Crippen molar-refractivity contribution in [2.75, 3.05) is 4.90 Å². The first-order valence-electron chi connectivity index (χ1n) is 10.8. The van der Waals surface area contributed by atoms with E-state index in [0.717, 1.165) is 26.9 Å². The predicted molar refractivity (Wildman–Crippen MR) is 133 cm³/mol. The molecule has 1 amide bonds. The molecule has 1 saturated heterocycles. The molecule has 2 N–H and O–H groups in total. The lowest BCUT2D eigenvalue weighted by molar-refractivity contribution is -0.132. The van der Waals surface area contributed by atoms with Crippen LogP contribution in [0.4, 0.5) is 5.13 Å². The Hall–Kier alpha value is -3.97. The molecule has 2 heterocycles. The molecule has 6 nitrogen and oxygen atoms in total. The number of carbonyl (C=O) groups excluding carboxylic acids is 2. The topological polar surface area (TPSA) is 90.7 Å². The van der Waals surface area contributed by atoms with Gasteiger partial charge < -0.3 is 10.2 Å². The number of aliphatic hydroxyl groups is 1. The summed E-state index contributed by atoms with van der Waals surface area (Å²) < 4.78 is 0.905. The third-order valence-electron chi connectivity index (χ3n) is 5.98. The molecule has 0 saturated carbocycles. The largest absolute Gasteiger partial charge is 0.508 e. The average molecular weight is 471 g/mol. The van der Waals surface area contributed by atoms with Crippen LogP contribution in [0.3, 0.4) is 0 Å². The summed E-state index contributed by atoms with van der Waals surface area (Å²) in [5, 5.41) is 21.7. The Kier molecular flexibility index (Phi) is 5.21. The molecule has 1 atom stereocenters. The summed E-state index contributed by atoms with van der Waals surface area (Å²) in [7, 11) is 0. The second-order valence-corrected chi connectivity index (χ2v) is 9.56. The number of aryl methyl sites for hydroxylation is 3. The summed E-state index contributed by atoms with van der Waals surface area (Å²) in [5.74, 6) is -1.83. The standard InChI is InChI=1S/C27H22N2O4S/c1-14-7-9-17(10-8-14)24(31)21-23(18-5-4-6-19(30)13-18)29(26(33)25(21)32)27-28-22-16(3)11-15(2)12-20(22)34-27/h4-13,23,30-31H,1-3H3/b24-21+. The molecule has 34 heavy (non-hydrogen) atoms. The van der Waals surface area contributed by atoms with Gasteiger partial charge in [-0.2, -0.15) is 0 Å². The maximum absolute atomic E-state index is 13.3. The van der Waals surface area contributed by atoms with Crippen molar-refractivity contribution in [3.8, 4) is 5.75 Å². The number of anilines is 1. The van der Waals surface area contributed by atoms with Gasteiger partial charge in [0.1, 0.15) is 11.5 Å². The summed E-state index contributed by atoms with van der Waals surface area (Å²) in [6.45, 7) is 5.87. The van der Waals surface area contributed by atoms with Crippen molar-refractivity contribution in [3.05, 3.63) is 94.1 Å². The van der Waals surface area contributed by atoms with Crippen LogP contribution in [0, 0.1) is 20.8 Å². The van der Waals surface area contributed by atoms with Crippen LogP contribution in [0.25, 0.3) is 16.0 Å². The van der Waals surface area contributed by atoms with Gasteiger partial charge in [0.05, 0.1) is 21.8 Å². The van der Waals surface area contributed by atoms with E-state index in [0.29, 0.717) is 16.3 Å². The van der Waals surface area contributed by atoms with Crippen molar-refractivity contribution in [2.24, 2.45) is 0 Å². The van der Waals surface area contributed by atoms with Crippen molar-refractivity contribution in [2.45, 2.75) is 26.8 Å². The average Bonchev–Trinajstić information content (AvgIpc) is 3.33. The van der Waals surface area contributed by atoms with E-state index >= 15 is 0 Å². The zero-order chi connectivity index (χ0) is 24.1. The fourth-order valence-corrected chi connectivity index (χ4v) is 5.54. The van der Waals surface area contributed by atoms with Crippen LogP contribution in [-0.2, 0) is 9.59 Å². The van der Waals surface area contributed by atoms with Gasteiger partial charge in [0.15, 0.2) is 5.13 Å². The number of aromatic nitrogens is 1. The molecular weight excluding hydrogens is 448 g/mol.